The molecule has 0 saturated carbocycles. The number of nitrogens with zero attached hydrogens (tertiary/aromatic N) is 2. The van der Waals surface area contributed by atoms with Crippen LogP contribution in [0.5, 0.6) is 11.5 Å². The molecule has 0 radical (unpaired) electrons. The van der Waals surface area contributed by atoms with Gasteiger partial charge in [0.2, 0.25) is 5.78 Å². The van der Waals surface area contributed by atoms with Gasteiger partial charge in [-0.15, -0.1) is 0 Å². The lowest BCUT2D eigenvalue weighted by Crippen LogP contribution is -2.31. The molecule has 3 aromatic rings. The molecule has 6 nitrogen and oxygen atoms in total. The number of allylic oxidation sites excluding steroid dienone is 1. The Morgan fingerprint density at radius 2 is 2.11 bits per heavy atom. The van der Waals surface area contributed by atoms with E-state index in [-0.39, 0.29) is 11.5 Å². The average Bonchev–Trinajstić information content (AvgIpc) is 3.32. The van der Waals surface area contributed by atoms with Gasteiger partial charge in [0.25, 0.3) is 0 Å². The second-order valence-corrected chi connectivity index (χ2v) is 6.95. The Labute approximate surface area is 162 Å². The fourth-order valence-electron chi connectivity index (χ4n) is 3.63. The molecule has 6 heteroatoms. The molecule has 0 atom stereocenters. The highest BCUT2D eigenvalue weighted by Gasteiger charge is 2.35. The molecule has 0 amide bonds. The van der Waals surface area contributed by atoms with Crippen LogP contribution in [0.15, 0.2) is 59.2 Å². The molecular weight excluding hydrogens is 356 g/mol. The van der Waals surface area contributed by atoms with E-state index in [4.69, 9.17) is 13.9 Å². The molecule has 0 saturated heterocycles. The summed E-state index contributed by atoms with van der Waals surface area (Å²) in [4.78, 5) is 19.1. The quantitative estimate of drug-likeness (QED) is 0.647. The highest BCUT2D eigenvalue weighted by Crippen LogP contribution is 2.44. The molecule has 140 valence electrons. The zero-order valence-corrected chi connectivity index (χ0v) is 15.3. The topological polar surface area (TPSA) is 64.8 Å². The molecule has 2 aliphatic heterocycles. The van der Waals surface area contributed by atoms with Crippen LogP contribution < -0.4 is 9.47 Å². The van der Waals surface area contributed by atoms with Crippen molar-refractivity contribution in [2.75, 3.05) is 6.73 Å². The van der Waals surface area contributed by atoms with Gasteiger partial charge in [0, 0.05) is 31.6 Å². The number of ether oxygens (including phenoxy) is 2. The number of hydrogen-bond acceptors (Lipinski definition) is 6. The van der Waals surface area contributed by atoms with E-state index in [1.54, 1.807) is 36.9 Å². The lowest BCUT2D eigenvalue weighted by molar-refractivity contribution is 0.0872. The van der Waals surface area contributed by atoms with E-state index in [9.17, 15) is 4.79 Å². The molecule has 28 heavy (non-hydrogen) atoms. The van der Waals surface area contributed by atoms with Crippen molar-refractivity contribution in [1.29, 1.82) is 0 Å². The maximum Gasteiger partial charge on any atom is 0.232 e. The van der Waals surface area contributed by atoms with Crippen LogP contribution in [-0.4, -0.2) is 22.4 Å². The molecule has 0 aliphatic carbocycles. The standard InChI is InChI=1S/C22H18N2O4/c1-14-9-18-17(12-24(13-27-18)11-15-4-6-23-7-5-15)22-20(14)21(25)19(28-22)10-16-3-2-8-26-16/h2-10H,11-13H2,1H3/b19-10-. The summed E-state index contributed by atoms with van der Waals surface area (Å²) in [7, 11) is 0. The first-order valence-corrected chi connectivity index (χ1v) is 9.07. The van der Waals surface area contributed by atoms with Gasteiger partial charge in [0.15, 0.2) is 5.76 Å². The Morgan fingerprint density at radius 1 is 1.25 bits per heavy atom. The van der Waals surface area contributed by atoms with Crippen molar-refractivity contribution in [2.45, 2.75) is 20.0 Å². The van der Waals surface area contributed by atoms with Crippen molar-refractivity contribution in [1.82, 2.24) is 9.88 Å². The van der Waals surface area contributed by atoms with Crippen molar-refractivity contribution >= 4 is 11.9 Å². The number of hydrogen-bond donors (Lipinski definition) is 0. The summed E-state index contributed by atoms with van der Waals surface area (Å²) in [6, 6.07) is 9.46. The number of pyridine rings is 1. The smallest absolute Gasteiger partial charge is 0.232 e. The molecule has 4 heterocycles. The summed E-state index contributed by atoms with van der Waals surface area (Å²) in [5.41, 5.74) is 3.51. The maximum atomic E-state index is 12.9. The minimum absolute atomic E-state index is 0.127. The Morgan fingerprint density at radius 3 is 2.89 bits per heavy atom. The number of furan rings is 1. The molecule has 0 N–H and O–H groups in total. The van der Waals surface area contributed by atoms with E-state index < -0.39 is 0 Å². The molecule has 0 unspecified atom stereocenters. The van der Waals surface area contributed by atoms with Crippen molar-refractivity contribution < 1.29 is 18.7 Å². The Hall–Kier alpha value is -3.38. The minimum atomic E-state index is -0.127. The van der Waals surface area contributed by atoms with E-state index in [1.807, 2.05) is 25.1 Å². The molecule has 0 bridgehead atoms. The predicted octanol–water partition coefficient (Wildman–Crippen LogP) is 3.95. The number of fused-ring (bicyclic) bond motifs is 3. The third kappa shape index (κ3) is 2.88. The Balaban J connectivity index is 1.48. The summed E-state index contributed by atoms with van der Waals surface area (Å²) in [5.74, 6) is 2.09. The van der Waals surface area contributed by atoms with Crippen LogP contribution in [0.1, 0.15) is 32.8 Å². The summed E-state index contributed by atoms with van der Waals surface area (Å²) < 4.78 is 17.3. The van der Waals surface area contributed by atoms with Crippen LogP contribution in [0, 0.1) is 6.92 Å². The van der Waals surface area contributed by atoms with Crippen LogP contribution in [0.3, 0.4) is 0 Å². The van der Waals surface area contributed by atoms with Crippen molar-refractivity contribution in [3.8, 4) is 11.5 Å². The third-order valence-corrected chi connectivity index (χ3v) is 4.96. The normalized spacial score (nSPS) is 17.2. The van der Waals surface area contributed by atoms with Gasteiger partial charge in [-0.3, -0.25) is 14.7 Å². The van der Waals surface area contributed by atoms with Gasteiger partial charge in [0.05, 0.1) is 17.4 Å². The molecule has 0 fully saturated rings. The molecule has 1 aromatic carbocycles. The number of benzene rings is 1. The predicted molar refractivity (Wildman–Crippen MR) is 102 cm³/mol. The van der Waals surface area contributed by atoms with Gasteiger partial charge in [-0.05, 0) is 48.4 Å². The third-order valence-electron chi connectivity index (χ3n) is 4.96. The van der Waals surface area contributed by atoms with Crippen molar-refractivity contribution in [3.05, 3.63) is 82.8 Å². The van der Waals surface area contributed by atoms with Gasteiger partial charge < -0.3 is 13.9 Å². The SMILES string of the molecule is Cc1cc2c(c3c1C(=O)/C(=C/c1ccco1)O3)CN(Cc1ccncc1)CO2. The van der Waals surface area contributed by atoms with E-state index in [0.29, 0.717) is 30.3 Å². The largest absolute Gasteiger partial charge is 0.478 e. The highest BCUT2D eigenvalue weighted by molar-refractivity contribution is 6.15. The second kappa shape index (κ2) is 6.65. The zero-order chi connectivity index (χ0) is 19.1. The Kier molecular flexibility index (Phi) is 3.98. The summed E-state index contributed by atoms with van der Waals surface area (Å²) in [5, 5.41) is 0. The minimum Gasteiger partial charge on any atom is -0.478 e. The van der Waals surface area contributed by atoms with E-state index in [0.717, 1.165) is 29.0 Å². The number of ketones is 1. The molecular formula is C22H18N2O4. The lowest BCUT2D eigenvalue weighted by Gasteiger charge is -2.30. The summed E-state index contributed by atoms with van der Waals surface area (Å²) in [6.45, 7) is 3.76. The first-order valence-electron chi connectivity index (χ1n) is 9.07. The number of carbonyl (C=O) groups excluding carboxylic acids is 1. The van der Waals surface area contributed by atoms with Gasteiger partial charge in [-0.25, -0.2) is 0 Å². The van der Waals surface area contributed by atoms with Crippen LogP contribution in [0.2, 0.25) is 0 Å². The van der Waals surface area contributed by atoms with Crippen LogP contribution >= 0.6 is 0 Å². The number of Topliss-reactive ketones (excluding diaryl/α,β-unsaturated/α-hetero) is 1. The van der Waals surface area contributed by atoms with Gasteiger partial charge in [0.1, 0.15) is 24.0 Å². The number of carbonyl (C=O) groups is 1. The van der Waals surface area contributed by atoms with Gasteiger partial charge in [-0.2, -0.15) is 0 Å². The van der Waals surface area contributed by atoms with Crippen molar-refractivity contribution in [3.63, 3.8) is 0 Å². The number of rotatable bonds is 3. The monoisotopic (exact) mass is 374 g/mol. The molecule has 2 aliphatic rings. The fourth-order valence-corrected chi connectivity index (χ4v) is 3.63. The van der Waals surface area contributed by atoms with E-state index in [1.165, 1.54) is 0 Å². The van der Waals surface area contributed by atoms with Crippen LogP contribution in [0.4, 0.5) is 0 Å². The fraction of sp³-hybridized carbons (Fsp3) is 0.182. The Bertz CT molecular complexity index is 1070. The summed E-state index contributed by atoms with van der Waals surface area (Å²) in [6.07, 6.45) is 6.76. The first-order chi connectivity index (χ1) is 13.7. The molecule has 0 spiro atoms. The molecule has 2 aromatic heterocycles. The van der Waals surface area contributed by atoms with Crippen LogP contribution in [0.25, 0.3) is 6.08 Å². The van der Waals surface area contributed by atoms with E-state index in [2.05, 4.69) is 9.88 Å². The first kappa shape index (κ1) is 16.8. The lowest BCUT2D eigenvalue weighted by atomic mass is 9.98. The summed E-state index contributed by atoms with van der Waals surface area (Å²) >= 11 is 0. The zero-order valence-electron chi connectivity index (χ0n) is 15.3. The number of aromatic nitrogens is 1. The second-order valence-electron chi connectivity index (χ2n) is 6.95. The average molecular weight is 374 g/mol. The highest BCUT2D eigenvalue weighted by atomic mass is 16.5. The van der Waals surface area contributed by atoms with Crippen molar-refractivity contribution in [2.24, 2.45) is 0 Å². The maximum absolute atomic E-state index is 12.9. The van der Waals surface area contributed by atoms with E-state index >= 15 is 0 Å². The molecule has 5 rings (SSSR count). The van der Waals surface area contributed by atoms with Crippen LogP contribution in [-0.2, 0) is 13.1 Å². The number of aryl methyl sites for hydroxylation is 1. The van der Waals surface area contributed by atoms with Gasteiger partial charge in [-0.1, -0.05) is 0 Å². The van der Waals surface area contributed by atoms with Gasteiger partial charge >= 0.3 is 0 Å².